The van der Waals surface area contributed by atoms with E-state index in [1.54, 1.807) is 0 Å². The fourth-order valence-corrected chi connectivity index (χ4v) is 7.81. The van der Waals surface area contributed by atoms with Crippen molar-refractivity contribution in [2.24, 2.45) is 14.1 Å². The van der Waals surface area contributed by atoms with Crippen molar-refractivity contribution in [2.75, 3.05) is 25.1 Å². The van der Waals surface area contributed by atoms with E-state index in [0.717, 1.165) is 90.0 Å². The van der Waals surface area contributed by atoms with Gasteiger partial charge in [0.25, 0.3) is 0 Å². The third kappa shape index (κ3) is 6.20. The minimum atomic E-state index is -0.147. The zero-order valence-corrected chi connectivity index (χ0v) is 31.4. The molecule has 0 aliphatic carbocycles. The van der Waals surface area contributed by atoms with E-state index in [2.05, 4.69) is 27.2 Å². The number of aromatic nitrogens is 4. The second kappa shape index (κ2) is 14.0. The van der Waals surface area contributed by atoms with Gasteiger partial charge in [-0.2, -0.15) is 5.10 Å². The first-order chi connectivity index (χ1) is 23.9. The SMILES string of the molecule is Cc1cc(OCCCc2c(C=O)n([C@H](C)CN(C)c3cn(C)c4ccc(C=O)cc34)c3c(-c4c(C)nn(C)c4C)c(Cl)ccc23)cc(C)c1Cl. The highest BCUT2D eigenvalue weighted by Gasteiger charge is 2.28. The highest BCUT2D eigenvalue weighted by atomic mass is 35.5. The minimum absolute atomic E-state index is 0.147. The van der Waals surface area contributed by atoms with Gasteiger partial charge in [-0.3, -0.25) is 14.3 Å². The van der Waals surface area contributed by atoms with Crippen LogP contribution >= 0.6 is 23.2 Å². The Kier molecular flexibility index (Phi) is 9.89. The number of anilines is 1. The quantitative estimate of drug-likeness (QED) is 0.0934. The van der Waals surface area contributed by atoms with Crippen LogP contribution in [0.1, 0.15) is 68.3 Å². The third-order valence-electron chi connectivity index (χ3n) is 9.90. The zero-order valence-electron chi connectivity index (χ0n) is 29.9. The summed E-state index contributed by atoms with van der Waals surface area (Å²) in [5.41, 5.74) is 10.8. The number of likely N-dealkylation sites (N-methyl/N-ethyl adjacent to an activating group) is 1. The number of fused-ring (bicyclic) bond motifs is 2. The third-order valence-corrected chi connectivity index (χ3v) is 10.8. The molecule has 0 N–H and O–H groups in total. The van der Waals surface area contributed by atoms with E-state index in [4.69, 9.17) is 33.0 Å². The van der Waals surface area contributed by atoms with Crippen LogP contribution in [0.4, 0.5) is 5.69 Å². The molecule has 3 aromatic heterocycles. The Morgan fingerprint density at radius 1 is 0.940 bits per heavy atom. The van der Waals surface area contributed by atoms with Crippen LogP contribution in [-0.4, -0.2) is 51.7 Å². The molecule has 0 unspecified atom stereocenters. The molecule has 0 fully saturated rings. The maximum Gasteiger partial charge on any atom is 0.166 e. The Morgan fingerprint density at radius 2 is 1.66 bits per heavy atom. The van der Waals surface area contributed by atoms with Crippen molar-refractivity contribution in [3.63, 3.8) is 0 Å². The molecule has 10 heteroatoms. The first kappa shape index (κ1) is 35.3. The molecule has 1 atom stereocenters. The summed E-state index contributed by atoms with van der Waals surface area (Å²) in [6.45, 7) is 11.2. The van der Waals surface area contributed by atoms with Gasteiger partial charge >= 0.3 is 0 Å². The lowest BCUT2D eigenvalue weighted by Crippen LogP contribution is -2.27. The Morgan fingerprint density at radius 3 is 2.30 bits per heavy atom. The van der Waals surface area contributed by atoms with Gasteiger partial charge in [0.1, 0.15) is 12.0 Å². The summed E-state index contributed by atoms with van der Waals surface area (Å²) in [6.07, 6.45) is 5.27. The molecular weight excluding hydrogens is 669 g/mol. The van der Waals surface area contributed by atoms with Crippen molar-refractivity contribution in [3.05, 3.63) is 98.0 Å². The van der Waals surface area contributed by atoms with Crippen molar-refractivity contribution >= 4 is 63.3 Å². The number of hydrogen-bond acceptors (Lipinski definition) is 5. The average Bonchev–Trinajstić information content (AvgIpc) is 3.68. The maximum absolute atomic E-state index is 13.2. The number of ether oxygens (including phenoxy) is 1. The molecule has 0 amide bonds. The van der Waals surface area contributed by atoms with Crippen LogP contribution in [0.25, 0.3) is 32.9 Å². The molecule has 3 aromatic carbocycles. The van der Waals surface area contributed by atoms with Crippen LogP contribution in [0.5, 0.6) is 5.75 Å². The number of carbonyl (C=O) groups is 2. The van der Waals surface area contributed by atoms with Crippen molar-refractivity contribution in [1.82, 2.24) is 18.9 Å². The van der Waals surface area contributed by atoms with Gasteiger partial charge in [0.05, 0.1) is 34.2 Å². The largest absolute Gasteiger partial charge is 0.494 e. The van der Waals surface area contributed by atoms with Gasteiger partial charge in [0.2, 0.25) is 0 Å². The number of benzene rings is 3. The number of rotatable bonds is 12. The van der Waals surface area contributed by atoms with Crippen LogP contribution in [0.15, 0.2) is 48.7 Å². The normalized spacial score (nSPS) is 12.2. The van der Waals surface area contributed by atoms with E-state index < -0.39 is 0 Å². The molecule has 0 saturated carbocycles. The standard InChI is InChI=1S/C40H43Cl2N5O3/c1-23-16-29(17-24(2)39(23)42)50-15-9-10-30-31-12-13-33(41)38(37-26(4)43-46(8)27(37)5)40(31)47(36(30)22-49)25(3)19-44(6)35-20-45(7)34-14-11-28(21-48)18-32(34)35/h11-14,16-18,20-22,25H,9-10,15,19H2,1-8H3/t25-/m1/s1. The van der Waals surface area contributed by atoms with Crippen LogP contribution in [-0.2, 0) is 20.5 Å². The fraction of sp³-hybridized carbons (Fsp3) is 0.325. The first-order valence-corrected chi connectivity index (χ1v) is 17.6. The van der Waals surface area contributed by atoms with Crippen LogP contribution in [0, 0.1) is 27.7 Å². The summed E-state index contributed by atoms with van der Waals surface area (Å²) in [4.78, 5) is 27.0. The molecule has 3 heterocycles. The molecule has 0 aliphatic heterocycles. The molecule has 0 aliphatic rings. The van der Waals surface area contributed by atoms with Gasteiger partial charge in [-0.25, -0.2) is 0 Å². The number of aldehydes is 2. The number of nitrogens with zero attached hydrogens (tertiary/aromatic N) is 5. The first-order valence-electron chi connectivity index (χ1n) is 16.8. The molecule has 0 bridgehead atoms. The molecular formula is C40H43Cl2N5O3. The summed E-state index contributed by atoms with van der Waals surface area (Å²) >= 11 is 13.5. The highest BCUT2D eigenvalue weighted by Crippen LogP contribution is 2.43. The Hall–Kier alpha value is -4.53. The summed E-state index contributed by atoms with van der Waals surface area (Å²) in [6, 6.07) is 13.5. The smallest absolute Gasteiger partial charge is 0.166 e. The van der Waals surface area contributed by atoms with Gasteiger partial charge in [-0.15, -0.1) is 0 Å². The van der Waals surface area contributed by atoms with E-state index >= 15 is 0 Å². The monoisotopic (exact) mass is 711 g/mol. The Balaban J connectivity index is 1.43. The lowest BCUT2D eigenvalue weighted by Gasteiger charge is -2.26. The minimum Gasteiger partial charge on any atom is -0.494 e. The number of aryl methyl sites for hydroxylation is 6. The molecule has 0 saturated heterocycles. The summed E-state index contributed by atoms with van der Waals surface area (Å²) in [5, 5.41) is 8.06. The summed E-state index contributed by atoms with van der Waals surface area (Å²) in [7, 11) is 5.99. The van der Waals surface area contributed by atoms with Gasteiger partial charge < -0.3 is 18.8 Å². The maximum atomic E-state index is 13.2. The topological polar surface area (TPSA) is 74.3 Å². The average molecular weight is 713 g/mol. The second-order valence-electron chi connectivity index (χ2n) is 13.4. The van der Waals surface area contributed by atoms with Crippen molar-refractivity contribution in [1.29, 1.82) is 0 Å². The molecule has 0 radical (unpaired) electrons. The van der Waals surface area contributed by atoms with E-state index in [9.17, 15) is 9.59 Å². The fourth-order valence-electron chi connectivity index (χ4n) is 7.46. The summed E-state index contributed by atoms with van der Waals surface area (Å²) < 4.78 is 12.3. The van der Waals surface area contributed by atoms with Crippen LogP contribution < -0.4 is 9.64 Å². The number of halogens is 2. The number of carbonyl (C=O) groups excluding carboxylic acids is 2. The van der Waals surface area contributed by atoms with Crippen molar-refractivity contribution in [3.8, 4) is 16.9 Å². The molecule has 260 valence electrons. The van der Waals surface area contributed by atoms with Gasteiger partial charge in [-0.05, 0) is 101 Å². The molecule has 50 heavy (non-hydrogen) atoms. The van der Waals surface area contributed by atoms with E-state index in [-0.39, 0.29) is 6.04 Å². The Bertz CT molecular complexity index is 2260. The zero-order chi connectivity index (χ0) is 36.0. The summed E-state index contributed by atoms with van der Waals surface area (Å²) in [5.74, 6) is 0.782. The van der Waals surface area contributed by atoms with E-state index in [1.807, 2.05) is 96.0 Å². The predicted molar refractivity (Wildman–Crippen MR) is 205 cm³/mol. The predicted octanol–water partition coefficient (Wildman–Crippen LogP) is 9.41. The van der Waals surface area contributed by atoms with E-state index in [1.165, 1.54) is 0 Å². The van der Waals surface area contributed by atoms with Gasteiger partial charge in [-0.1, -0.05) is 29.3 Å². The van der Waals surface area contributed by atoms with Crippen LogP contribution in [0.3, 0.4) is 0 Å². The molecule has 0 spiro atoms. The van der Waals surface area contributed by atoms with Gasteiger partial charge in [0.15, 0.2) is 6.29 Å². The molecule has 8 nitrogen and oxygen atoms in total. The molecule has 6 aromatic rings. The highest BCUT2D eigenvalue weighted by molar-refractivity contribution is 6.35. The molecule has 6 rings (SSSR count). The Labute approximate surface area is 303 Å². The van der Waals surface area contributed by atoms with Crippen molar-refractivity contribution in [2.45, 2.75) is 53.5 Å². The second-order valence-corrected chi connectivity index (χ2v) is 14.2. The lowest BCUT2D eigenvalue weighted by molar-refractivity contribution is 0.110. The van der Waals surface area contributed by atoms with Gasteiger partial charge in [0, 0.05) is 83.6 Å². The van der Waals surface area contributed by atoms with Crippen LogP contribution in [0.2, 0.25) is 10.0 Å². The van der Waals surface area contributed by atoms with Crippen molar-refractivity contribution < 1.29 is 14.3 Å². The lowest BCUT2D eigenvalue weighted by atomic mass is 9.98. The number of hydrogen-bond donors (Lipinski definition) is 0. The van der Waals surface area contributed by atoms with E-state index in [0.29, 0.717) is 42.3 Å².